The molecule has 0 aliphatic rings. The normalized spacial score (nSPS) is 10.6. The van der Waals surface area contributed by atoms with E-state index in [1.807, 2.05) is 23.7 Å². The Bertz CT molecular complexity index is 938. The van der Waals surface area contributed by atoms with Crippen molar-refractivity contribution in [2.75, 3.05) is 16.4 Å². The van der Waals surface area contributed by atoms with E-state index in [9.17, 15) is 9.59 Å². The fourth-order valence-electron chi connectivity index (χ4n) is 2.34. The molecule has 0 spiro atoms. The average molecular weight is 355 g/mol. The highest BCUT2D eigenvalue weighted by Crippen LogP contribution is 2.22. The van der Waals surface area contributed by atoms with Crippen LogP contribution in [0.5, 0.6) is 0 Å². The Balaban J connectivity index is 1.62. The van der Waals surface area contributed by atoms with Crippen LogP contribution in [0.4, 0.5) is 11.4 Å². The Hall–Kier alpha value is -2.87. The van der Waals surface area contributed by atoms with Crippen molar-refractivity contribution in [2.24, 2.45) is 7.05 Å². The van der Waals surface area contributed by atoms with Gasteiger partial charge in [-0.05, 0) is 30.3 Å². The smallest absolute Gasteiger partial charge is 0.234 e. The number of imidazole rings is 1. The topological polar surface area (TPSA) is 88.9 Å². The van der Waals surface area contributed by atoms with Crippen molar-refractivity contribution in [3.8, 4) is 0 Å². The summed E-state index contributed by atoms with van der Waals surface area (Å²) in [7, 11) is 1.87. The van der Waals surface area contributed by atoms with Crippen LogP contribution in [0.2, 0.25) is 0 Å². The first-order valence-corrected chi connectivity index (χ1v) is 8.59. The molecule has 0 radical (unpaired) electrons. The third-order valence-electron chi connectivity index (χ3n) is 3.39. The van der Waals surface area contributed by atoms with Crippen molar-refractivity contribution >= 4 is 46.1 Å². The zero-order chi connectivity index (χ0) is 17.8. The van der Waals surface area contributed by atoms with Gasteiger partial charge in [0.25, 0.3) is 0 Å². The Morgan fingerprint density at radius 1 is 1.16 bits per heavy atom. The number of nitrogens with one attached hydrogen (secondary N) is 2. The van der Waals surface area contributed by atoms with E-state index in [0.29, 0.717) is 11.4 Å². The molecule has 2 heterocycles. The number of aryl methyl sites for hydroxylation is 1. The molecule has 25 heavy (non-hydrogen) atoms. The fourth-order valence-corrected chi connectivity index (χ4v) is 3.11. The van der Waals surface area contributed by atoms with Crippen LogP contribution in [-0.4, -0.2) is 32.1 Å². The molecule has 0 saturated heterocycles. The monoisotopic (exact) mass is 355 g/mol. The Morgan fingerprint density at radius 2 is 1.92 bits per heavy atom. The highest BCUT2D eigenvalue weighted by molar-refractivity contribution is 7.99. The molecule has 0 aliphatic carbocycles. The summed E-state index contributed by atoms with van der Waals surface area (Å²) in [4.78, 5) is 32.0. The third-order valence-corrected chi connectivity index (χ3v) is 4.42. The molecule has 1 aromatic carbocycles. The molecule has 0 saturated carbocycles. The number of anilines is 2. The Morgan fingerprint density at radius 3 is 2.64 bits per heavy atom. The zero-order valence-electron chi connectivity index (χ0n) is 13.8. The number of hydrogen-bond donors (Lipinski definition) is 2. The summed E-state index contributed by atoms with van der Waals surface area (Å²) in [5, 5.41) is 6.23. The predicted octanol–water partition coefficient (Wildman–Crippen LogP) is 2.66. The van der Waals surface area contributed by atoms with Crippen LogP contribution < -0.4 is 10.6 Å². The van der Waals surface area contributed by atoms with Crippen LogP contribution in [0, 0.1) is 0 Å². The lowest BCUT2D eigenvalue weighted by atomic mass is 10.2. The van der Waals surface area contributed by atoms with Crippen molar-refractivity contribution < 1.29 is 9.59 Å². The maximum atomic E-state index is 12.2. The standard InChI is InChI=1S/C17H17N5O2S/c1-11(23)19-12-5-3-6-13(9-12)20-15(24)10-25-17-21-14-7-4-8-18-16(14)22(17)2/h3-9H,10H2,1-2H3,(H,19,23)(H,20,24). The lowest BCUT2D eigenvalue weighted by Gasteiger charge is -2.07. The average Bonchev–Trinajstić information content (AvgIpc) is 2.89. The summed E-state index contributed by atoms with van der Waals surface area (Å²) in [5.41, 5.74) is 2.85. The van der Waals surface area contributed by atoms with E-state index in [4.69, 9.17) is 0 Å². The Kier molecular flexibility index (Phi) is 4.99. The molecule has 3 rings (SSSR count). The van der Waals surface area contributed by atoms with Crippen molar-refractivity contribution in [1.82, 2.24) is 14.5 Å². The van der Waals surface area contributed by atoms with Gasteiger partial charge < -0.3 is 15.2 Å². The molecule has 2 N–H and O–H groups in total. The lowest BCUT2D eigenvalue weighted by Crippen LogP contribution is -2.15. The van der Waals surface area contributed by atoms with Gasteiger partial charge in [-0.1, -0.05) is 17.8 Å². The van der Waals surface area contributed by atoms with Crippen LogP contribution >= 0.6 is 11.8 Å². The van der Waals surface area contributed by atoms with E-state index in [1.54, 1.807) is 30.5 Å². The fraction of sp³-hybridized carbons (Fsp3) is 0.176. The van der Waals surface area contributed by atoms with Crippen LogP contribution in [0.1, 0.15) is 6.92 Å². The SMILES string of the molecule is CC(=O)Nc1cccc(NC(=O)CSc2nc3cccnc3n2C)c1. The second-order valence-electron chi connectivity index (χ2n) is 5.40. The van der Waals surface area contributed by atoms with Gasteiger partial charge in [-0.3, -0.25) is 9.59 Å². The molecule has 0 unspecified atom stereocenters. The van der Waals surface area contributed by atoms with E-state index in [2.05, 4.69) is 20.6 Å². The molecule has 2 amide bonds. The molecular weight excluding hydrogens is 338 g/mol. The van der Waals surface area contributed by atoms with Gasteiger partial charge >= 0.3 is 0 Å². The maximum absolute atomic E-state index is 12.2. The van der Waals surface area contributed by atoms with Gasteiger partial charge in [0, 0.05) is 31.5 Å². The molecule has 0 aliphatic heterocycles. The summed E-state index contributed by atoms with van der Waals surface area (Å²) in [6.45, 7) is 1.44. The van der Waals surface area contributed by atoms with Crippen LogP contribution in [0.15, 0.2) is 47.8 Å². The molecule has 0 fully saturated rings. The van der Waals surface area contributed by atoms with E-state index in [1.165, 1.54) is 18.7 Å². The van der Waals surface area contributed by atoms with E-state index >= 15 is 0 Å². The second-order valence-corrected chi connectivity index (χ2v) is 6.34. The summed E-state index contributed by atoms with van der Waals surface area (Å²) in [5.74, 6) is -0.0823. The minimum Gasteiger partial charge on any atom is -0.326 e. The highest BCUT2D eigenvalue weighted by Gasteiger charge is 2.11. The maximum Gasteiger partial charge on any atom is 0.234 e. The van der Waals surface area contributed by atoms with Crippen molar-refractivity contribution in [2.45, 2.75) is 12.1 Å². The number of thioether (sulfide) groups is 1. The first-order chi connectivity index (χ1) is 12.0. The number of rotatable bonds is 5. The molecule has 128 valence electrons. The molecule has 8 heteroatoms. The van der Waals surface area contributed by atoms with Crippen LogP contribution in [-0.2, 0) is 16.6 Å². The van der Waals surface area contributed by atoms with Crippen LogP contribution in [0.3, 0.4) is 0 Å². The minimum absolute atomic E-state index is 0.148. The van der Waals surface area contributed by atoms with E-state index in [0.717, 1.165) is 16.3 Å². The number of fused-ring (bicyclic) bond motifs is 1. The quantitative estimate of drug-likeness (QED) is 0.687. The first kappa shape index (κ1) is 17.0. The molecule has 0 atom stereocenters. The molecule has 0 bridgehead atoms. The summed E-state index contributed by atoms with van der Waals surface area (Å²) < 4.78 is 1.87. The van der Waals surface area contributed by atoms with Crippen molar-refractivity contribution in [3.05, 3.63) is 42.6 Å². The number of carbonyl (C=O) groups is 2. The van der Waals surface area contributed by atoms with Gasteiger partial charge in [0.1, 0.15) is 5.52 Å². The lowest BCUT2D eigenvalue weighted by molar-refractivity contribution is -0.114. The highest BCUT2D eigenvalue weighted by atomic mass is 32.2. The van der Waals surface area contributed by atoms with Gasteiger partial charge in [-0.2, -0.15) is 0 Å². The molecular formula is C17H17N5O2S. The molecule has 2 aromatic heterocycles. The van der Waals surface area contributed by atoms with Gasteiger partial charge in [-0.15, -0.1) is 0 Å². The number of hydrogen-bond acceptors (Lipinski definition) is 5. The second kappa shape index (κ2) is 7.35. The number of benzene rings is 1. The molecule has 3 aromatic rings. The molecule has 7 nitrogen and oxygen atoms in total. The van der Waals surface area contributed by atoms with Crippen molar-refractivity contribution in [3.63, 3.8) is 0 Å². The van der Waals surface area contributed by atoms with Crippen LogP contribution in [0.25, 0.3) is 11.2 Å². The largest absolute Gasteiger partial charge is 0.326 e. The summed E-state index contributed by atoms with van der Waals surface area (Å²) in [6.07, 6.45) is 1.72. The van der Waals surface area contributed by atoms with E-state index < -0.39 is 0 Å². The van der Waals surface area contributed by atoms with E-state index in [-0.39, 0.29) is 17.6 Å². The number of nitrogens with zero attached hydrogens (tertiary/aromatic N) is 3. The van der Waals surface area contributed by atoms with Gasteiger partial charge in [0.15, 0.2) is 10.8 Å². The third kappa shape index (κ3) is 4.16. The first-order valence-electron chi connectivity index (χ1n) is 7.60. The number of aromatic nitrogens is 3. The van der Waals surface area contributed by atoms with Gasteiger partial charge in [0.05, 0.1) is 5.75 Å². The van der Waals surface area contributed by atoms with Crippen molar-refractivity contribution in [1.29, 1.82) is 0 Å². The minimum atomic E-state index is -0.158. The van der Waals surface area contributed by atoms with Gasteiger partial charge in [0.2, 0.25) is 11.8 Å². The predicted molar refractivity (Wildman–Crippen MR) is 98.6 cm³/mol. The summed E-state index contributed by atoms with van der Waals surface area (Å²) in [6, 6.07) is 10.7. The number of amides is 2. The zero-order valence-corrected chi connectivity index (χ0v) is 14.6. The number of pyridine rings is 1. The van der Waals surface area contributed by atoms with Gasteiger partial charge in [-0.25, -0.2) is 9.97 Å². The Labute approximate surface area is 148 Å². The number of carbonyl (C=O) groups excluding carboxylic acids is 2. The summed E-state index contributed by atoms with van der Waals surface area (Å²) >= 11 is 1.35.